The van der Waals surface area contributed by atoms with Crippen LogP contribution < -0.4 is 0 Å². The van der Waals surface area contributed by atoms with Crippen LogP contribution in [-0.2, 0) is 4.74 Å². The summed E-state index contributed by atoms with van der Waals surface area (Å²) in [7, 11) is 1.81. The van der Waals surface area contributed by atoms with E-state index < -0.39 is 0 Å². The summed E-state index contributed by atoms with van der Waals surface area (Å²) in [6, 6.07) is 0. The zero-order chi connectivity index (χ0) is 19.6. The molecule has 1 nitrogen and oxygen atoms in total. The summed E-state index contributed by atoms with van der Waals surface area (Å²) in [6.07, 6.45) is 12.0. The second-order valence-corrected chi connectivity index (χ2v) is 12.1. The van der Waals surface area contributed by atoms with Crippen molar-refractivity contribution in [2.45, 2.75) is 85.2 Å². The molecule has 0 aromatic heterocycles. The van der Waals surface area contributed by atoms with E-state index in [0.717, 1.165) is 60.5 Å². The van der Waals surface area contributed by atoms with Crippen LogP contribution in [0.5, 0.6) is 0 Å². The van der Waals surface area contributed by atoms with Crippen LogP contribution in [0.4, 0.5) is 0 Å². The van der Waals surface area contributed by atoms with Gasteiger partial charge in [0.1, 0.15) is 0 Å². The highest BCUT2D eigenvalue weighted by molar-refractivity contribution is 6.62. The molecule has 0 aromatic carbocycles. The first kappa shape index (κ1) is 20.1. The predicted molar refractivity (Wildman–Crippen MR) is 117 cm³/mol. The smallest absolute Gasteiger partial charge is 0.150 e. The second-order valence-electron chi connectivity index (χ2n) is 12.1. The van der Waals surface area contributed by atoms with Crippen LogP contribution >= 0.6 is 0 Å². The number of methoxy groups -OCH3 is 1. The van der Waals surface area contributed by atoms with Crippen molar-refractivity contribution in [3.63, 3.8) is 0 Å². The molecule has 6 aliphatic rings. The molecule has 0 spiro atoms. The molecule has 6 fully saturated rings. The summed E-state index contributed by atoms with van der Waals surface area (Å²) in [4.78, 5) is 0. The Morgan fingerprint density at radius 2 is 1.30 bits per heavy atom. The van der Waals surface area contributed by atoms with Gasteiger partial charge in [0.2, 0.25) is 0 Å². The minimum absolute atomic E-state index is 0.606. The van der Waals surface area contributed by atoms with E-state index in [1.54, 1.807) is 7.11 Å². The minimum Gasteiger partial charge on any atom is -0.381 e. The molecule has 0 radical (unpaired) electrons. The van der Waals surface area contributed by atoms with Crippen molar-refractivity contribution >= 4 is 6.71 Å². The first-order chi connectivity index (χ1) is 12.7. The first-order valence-corrected chi connectivity index (χ1v) is 11.8. The Hall–Kier alpha value is -0.235. The zero-order valence-corrected chi connectivity index (χ0v) is 19.0. The fourth-order valence-electron chi connectivity index (χ4n) is 8.59. The number of fused-ring (bicyclic) bond motifs is 4. The summed E-state index contributed by atoms with van der Waals surface area (Å²) in [5, 5.41) is 0. The highest BCUT2D eigenvalue weighted by Crippen LogP contribution is 2.69. The molecule has 6 rings (SSSR count). The van der Waals surface area contributed by atoms with Gasteiger partial charge >= 0.3 is 0 Å². The van der Waals surface area contributed by atoms with Gasteiger partial charge in [-0.3, -0.25) is 0 Å². The SMILES string of the molecule is COC/C=C\CB([C@@H]1C[C@@H]2C[C@H]([C@H]1C)C2(C)C)[C@@H]1C[C@@H]2C[C@H]([C@H]1C)C2(C)C. The molecule has 0 aromatic rings. The van der Waals surface area contributed by atoms with E-state index in [-0.39, 0.29) is 0 Å². The Morgan fingerprint density at radius 1 is 0.815 bits per heavy atom. The van der Waals surface area contributed by atoms with Gasteiger partial charge in [0.05, 0.1) is 6.61 Å². The molecule has 0 aliphatic heterocycles. The molecule has 0 N–H and O–H groups in total. The first-order valence-electron chi connectivity index (χ1n) is 11.8. The van der Waals surface area contributed by atoms with Gasteiger partial charge in [-0.1, -0.05) is 84.5 Å². The van der Waals surface area contributed by atoms with Gasteiger partial charge in [-0.25, -0.2) is 0 Å². The third-order valence-corrected chi connectivity index (χ3v) is 10.8. The average molecular weight is 370 g/mol. The number of hydrogen-bond donors (Lipinski definition) is 0. The van der Waals surface area contributed by atoms with Crippen molar-refractivity contribution in [3.05, 3.63) is 12.2 Å². The van der Waals surface area contributed by atoms with Crippen LogP contribution in [0.2, 0.25) is 18.0 Å². The van der Waals surface area contributed by atoms with E-state index in [4.69, 9.17) is 4.74 Å². The monoisotopic (exact) mass is 370 g/mol. The van der Waals surface area contributed by atoms with Gasteiger partial charge in [-0.2, -0.15) is 0 Å². The number of hydrogen-bond acceptors (Lipinski definition) is 1. The van der Waals surface area contributed by atoms with E-state index >= 15 is 0 Å². The van der Waals surface area contributed by atoms with Crippen LogP contribution in [-0.4, -0.2) is 20.4 Å². The highest BCUT2D eigenvalue weighted by Gasteiger charge is 2.61. The lowest BCUT2D eigenvalue weighted by atomic mass is 9.20. The lowest BCUT2D eigenvalue weighted by molar-refractivity contribution is -0.107. The van der Waals surface area contributed by atoms with Crippen LogP contribution in [0, 0.1) is 46.3 Å². The molecule has 2 heteroatoms. The quantitative estimate of drug-likeness (QED) is 0.368. The molecule has 4 bridgehead atoms. The molecule has 27 heavy (non-hydrogen) atoms. The fourth-order valence-corrected chi connectivity index (χ4v) is 8.59. The molecular formula is C25H43BO. The Kier molecular flexibility index (Phi) is 5.14. The number of allylic oxidation sites excluding steroid dienone is 1. The summed E-state index contributed by atoms with van der Waals surface area (Å²) in [5.74, 6) is 7.61. The Labute approximate surface area is 169 Å². The molecule has 6 saturated carbocycles. The average Bonchev–Trinajstić information content (AvgIpc) is 2.62. The maximum absolute atomic E-state index is 5.27. The van der Waals surface area contributed by atoms with Crippen molar-refractivity contribution in [3.8, 4) is 0 Å². The van der Waals surface area contributed by atoms with Crippen LogP contribution in [0.1, 0.15) is 67.2 Å². The summed E-state index contributed by atoms with van der Waals surface area (Å²) in [5.41, 5.74) is 1.21. The number of rotatable bonds is 6. The van der Waals surface area contributed by atoms with Crippen molar-refractivity contribution < 1.29 is 4.74 Å². The Bertz CT molecular complexity index is 537. The van der Waals surface area contributed by atoms with E-state index in [9.17, 15) is 0 Å². The second kappa shape index (κ2) is 6.93. The maximum Gasteiger partial charge on any atom is 0.150 e. The summed E-state index contributed by atoms with van der Waals surface area (Å²) < 4.78 is 5.27. The molecule has 152 valence electrons. The van der Waals surface area contributed by atoms with E-state index in [1.165, 1.54) is 32.0 Å². The van der Waals surface area contributed by atoms with Gasteiger partial charge < -0.3 is 4.74 Å². The minimum atomic E-state index is 0.606. The Balaban J connectivity index is 1.54. The molecule has 0 saturated heterocycles. The fraction of sp³-hybridized carbons (Fsp3) is 0.920. The number of ether oxygens (including phenoxy) is 1. The van der Waals surface area contributed by atoms with Gasteiger partial charge in [-0.15, -0.1) is 0 Å². The molecule has 8 atom stereocenters. The molecule has 6 aliphatic carbocycles. The van der Waals surface area contributed by atoms with E-state index in [0.29, 0.717) is 10.8 Å². The summed E-state index contributed by atoms with van der Waals surface area (Å²) in [6.45, 7) is 17.1. The molecule has 0 unspecified atom stereocenters. The van der Waals surface area contributed by atoms with Crippen molar-refractivity contribution in [1.29, 1.82) is 0 Å². The van der Waals surface area contributed by atoms with Gasteiger partial charge in [0, 0.05) is 7.11 Å². The highest BCUT2D eigenvalue weighted by atomic mass is 16.5. The van der Waals surface area contributed by atoms with Crippen molar-refractivity contribution in [2.75, 3.05) is 13.7 Å². The summed E-state index contributed by atoms with van der Waals surface area (Å²) >= 11 is 0. The van der Waals surface area contributed by atoms with Crippen molar-refractivity contribution in [1.82, 2.24) is 0 Å². The Morgan fingerprint density at radius 3 is 1.67 bits per heavy atom. The largest absolute Gasteiger partial charge is 0.381 e. The standard InChI is InChI=1S/C25H43BO/c1-16-20-12-18(24(20,3)4)14-22(16)26(10-8-9-11-27-7)23-15-19-13-21(17(23)2)25(19,5)6/h8-9,16-23H,10-15H2,1-7H3/b9-8-/t16-,17-,18+,19+,20-,21-,22-,23-/m1/s1. The normalized spacial score (nSPS) is 46.6. The lowest BCUT2D eigenvalue weighted by Crippen LogP contribution is -2.59. The topological polar surface area (TPSA) is 9.23 Å². The van der Waals surface area contributed by atoms with E-state index in [2.05, 4.69) is 53.7 Å². The zero-order valence-electron chi connectivity index (χ0n) is 19.0. The van der Waals surface area contributed by atoms with Gasteiger partial charge in [0.15, 0.2) is 6.71 Å². The predicted octanol–water partition coefficient (Wildman–Crippen LogP) is 6.83. The molecule has 0 heterocycles. The molecular weight excluding hydrogens is 327 g/mol. The van der Waals surface area contributed by atoms with Crippen LogP contribution in [0.3, 0.4) is 0 Å². The van der Waals surface area contributed by atoms with Gasteiger partial charge in [0.25, 0.3) is 0 Å². The molecule has 0 amide bonds. The third-order valence-electron chi connectivity index (χ3n) is 10.8. The van der Waals surface area contributed by atoms with Gasteiger partial charge in [-0.05, 0) is 59.2 Å². The third kappa shape index (κ3) is 2.99. The van der Waals surface area contributed by atoms with E-state index in [1.807, 2.05) is 0 Å². The van der Waals surface area contributed by atoms with Crippen molar-refractivity contribution in [2.24, 2.45) is 46.3 Å². The maximum atomic E-state index is 5.27. The van der Waals surface area contributed by atoms with Crippen LogP contribution in [0.25, 0.3) is 0 Å². The lowest BCUT2D eigenvalue weighted by Gasteiger charge is -2.66. The van der Waals surface area contributed by atoms with Crippen LogP contribution in [0.15, 0.2) is 12.2 Å².